The van der Waals surface area contributed by atoms with Crippen LogP contribution in [0.5, 0.6) is 0 Å². The highest BCUT2D eigenvalue weighted by molar-refractivity contribution is 7.07. The van der Waals surface area contributed by atoms with Crippen LogP contribution in [-0.4, -0.2) is 46.9 Å². The predicted molar refractivity (Wildman–Crippen MR) is 95.2 cm³/mol. The molecular formula is C18H25N3O2S. The second kappa shape index (κ2) is 7.49. The highest BCUT2D eigenvalue weighted by Gasteiger charge is 2.26. The van der Waals surface area contributed by atoms with Crippen molar-refractivity contribution in [3.63, 3.8) is 0 Å². The number of carbonyl (C=O) groups is 1. The number of amides is 1. The summed E-state index contributed by atoms with van der Waals surface area (Å²) >= 11 is 1.63. The van der Waals surface area contributed by atoms with Gasteiger partial charge < -0.3 is 9.32 Å². The van der Waals surface area contributed by atoms with Crippen molar-refractivity contribution < 1.29 is 9.21 Å². The van der Waals surface area contributed by atoms with Crippen molar-refractivity contribution in [1.82, 2.24) is 14.8 Å². The van der Waals surface area contributed by atoms with Crippen molar-refractivity contribution in [2.24, 2.45) is 0 Å². The third-order valence-electron chi connectivity index (χ3n) is 4.69. The summed E-state index contributed by atoms with van der Waals surface area (Å²) in [6, 6.07) is 1.99. The van der Waals surface area contributed by atoms with E-state index in [0.29, 0.717) is 0 Å². The number of furan rings is 1. The SMILES string of the molecule is Cc1cc([C@H](C)C(=O)N2CCCN(Cc3cscn3)CC2)c(C)o1. The van der Waals surface area contributed by atoms with Crippen LogP contribution in [0.3, 0.4) is 0 Å². The fourth-order valence-electron chi connectivity index (χ4n) is 3.38. The number of carbonyl (C=O) groups excluding carboxylic acids is 1. The number of hydrogen-bond donors (Lipinski definition) is 0. The van der Waals surface area contributed by atoms with Gasteiger partial charge in [0.2, 0.25) is 5.91 Å². The van der Waals surface area contributed by atoms with Crippen molar-refractivity contribution in [3.05, 3.63) is 39.7 Å². The minimum atomic E-state index is -0.146. The van der Waals surface area contributed by atoms with E-state index in [1.54, 1.807) is 11.3 Å². The summed E-state index contributed by atoms with van der Waals surface area (Å²) in [5.74, 6) is 1.78. The van der Waals surface area contributed by atoms with Gasteiger partial charge >= 0.3 is 0 Å². The molecule has 1 atom stereocenters. The van der Waals surface area contributed by atoms with Crippen molar-refractivity contribution in [2.45, 2.75) is 39.7 Å². The molecule has 1 fully saturated rings. The first-order chi connectivity index (χ1) is 11.5. The van der Waals surface area contributed by atoms with Crippen LogP contribution >= 0.6 is 11.3 Å². The van der Waals surface area contributed by atoms with Crippen molar-refractivity contribution in [3.8, 4) is 0 Å². The molecule has 1 amide bonds. The van der Waals surface area contributed by atoms with Gasteiger partial charge in [-0.05, 0) is 33.3 Å². The summed E-state index contributed by atoms with van der Waals surface area (Å²) in [5.41, 5.74) is 4.01. The third-order valence-corrected chi connectivity index (χ3v) is 5.32. The standard InChI is InChI=1S/C18H25N3O2S/c1-13-9-17(15(3)23-13)14(2)18(22)21-6-4-5-20(7-8-21)10-16-11-24-12-19-16/h9,11-12,14H,4-8,10H2,1-3H3/t14-/m0/s1. The first-order valence-electron chi connectivity index (χ1n) is 8.49. The predicted octanol–water partition coefficient (Wildman–Crippen LogP) is 3.19. The molecule has 0 radical (unpaired) electrons. The number of aryl methyl sites for hydroxylation is 2. The van der Waals surface area contributed by atoms with E-state index < -0.39 is 0 Å². The van der Waals surface area contributed by atoms with Gasteiger partial charge in [0.25, 0.3) is 0 Å². The van der Waals surface area contributed by atoms with Gasteiger partial charge in [-0.25, -0.2) is 4.98 Å². The lowest BCUT2D eigenvalue weighted by molar-refractivity contribution is -0.132. The van der Waals surface area contributed by atoms with Crippen molar-refractivity contribution in [1.29, 1.82) is 0 Å². The van der Waals surface area contributed by atoms with Gasteiger partial charge in [0.05, 0.1) is 17.1 Å². The van der Waals surface area contributed by atoms with E-state index in [-0.39, 0.29) is 11.8 Å². The number of thiazole rings is 1. The van der Waals surface area contributed by atoms with Crippen molar-refractivity contribution in [2.75, 3.05) is 26.2 Å². The summed E-state index contributed by atoms with van der Waals surface area (Å²) in [6.45, 7) is 10.2. The highest BCUT2D eigenvalue weighted by atomic mass is 32.1. The Balaban J connectivity index is 1.60. The molecule has 6 heteroatoms. The fraction of sp³-hybridized carbons (Fsp3) is 0.556. The number of aromatic nitrogens is 1. The molecular weight excluding hydrogens is 322 g/mol. The molecule has 0 spiro atoms. The molecule has 3 heterocycles. The van der Waals surface area contributed by atoms with Crippen LogP contribution in [0.1, 0.15) is 42.0 Å². The Bertz CT molecular complexity index is 681. The van der Waals surface area contributed by atoms with E-state index >= 15 is 0 Å². The average molecular weight is 347 g/mol. The van der Waals surface area contributed by atoms with Crippen LogP contribution in [0.15, 0.2) is 21.4 Å². The monoisotopic (exact) mass is 347 g/mol. The van der Waals surface area contributed by atoms with E-state index in [9.17, 15) is 4.79 Å². The summed E-state index contributed by atoms with van der Waals surface area (Å²) < 4.78 is 5.59. The van der Waals surface area contributed by atoms with Gasteiger partial charge in [-0.15, -0.1) is 11.3 Å². The molecule has 1 aliphatic heterocycles. The van der Waals surface area contributed by atoms with E-state index in [1.165, 1.54) is 0 Å². The van der Waals surface area contributed by atoms with Gasteiger partial charge in [0.15, 0.2) is 0 Å². The van der Waals surface area contributed by atoms with Crippen LogP contribution in [0.4, 0.5) is 0 Å². The molecule has 0 aromatic carbocycles. The lowest BCUT2D eigenvalue weighted by Crippen LogP contribution is -2.37. The molecule has 0 aliphatic carbocycles. The molecule has 2 aromatic heterocycles. The lowest BCUT2D eigenvalue weighted by Gasteiger charge is -2.24. The minimum absolute atomic E-state index is 0.146. The smallest absolute Gasteiger partial charge is 0.230 e. The maximum atomic E-state index is 12.9. The van der Waals surface area contributed by atoms with E-state index in [2.05, 4.69) is 15.3 Å². The molecule has 0 saturated carbocycles. The average Bonchev–Trinajstić information content (AvgIpc) is 3.10. The van der Waals surface area contributed by atoms with Crippen LogP contribution < -0.4 is 0 Å². The van der Waals surface area contributed by atoms with Gasteiger partial charge in [0.1, 0.15) is 11.5 Å². The highest BCUT2D eigenvalue weighted by Crippen LogP contribution is 2.25. The van der Waals surface area contributed by atoms with E-state index in [0.717, 1.165) is 61.9 Å². The van der Waals surface area contributed by atoms with Gasteiger partial charge in [-0.3, -0.25) is 9.69 Å². The molecule has 1 aliphatic rings. The Morgan fingerprint density at radius 2 is 2.17 bits per heavy atom. The zero-order valence-corrected chi connectivity index (χ0v) is 15.4. The van der Waals surface area contributed by atoms with Crippen molar-refractivity contribution >= 4 is 17.2 Å². The van der Waals surface area contributed by atoms with Gasteiger partial charge in [-0.2, -0.15) is 0 Å². The van der Waals surface area contributed by atoms with E-state index in [1.807, 2.05) is 37.2 Å². The Morgan fingerprint density at radius 1 is 1.33 bits per heavy atom. The largest absolute Gasteiger partial charge is 0.466 e. The zero-order valence-electron chi connectivity index (χ0n) is 14.6. The zero-order chi connectivity index (χ0) is 17.1. The van der Waals surface area contributed by atoms with Gasteiger partial charge in [0, 0.05) is 43.7 Å². The second-order valence-electron chi connectivity index (χ2n) is 6.53. The molecule has 24 heavy (non-hydrogen) atoms. The third kappa shape index (κ3) is 3.87. The second-order valence-corrected chi connectivity index (χ2v) is 7.24. The molecule has 3 rings (SSSR count). The minimum Gasteiger partial charge on any atom is -0.466 e. The van der Waals surface area contributed by atoms with Crippen LogP contribution in [0.2, 0.25) is 0 Å². The molecule has 130 valence electrons. The Morgan fingerprint density at radius 3 is 2.83 bits per heavy atom. The van der Waals surface area contributed by atoms with Crippen LogP contribution in [0, 0.1) is 13.8 Å². The molecule has 1 saturated heterocycles. The summed E-state index contributed by atoms with van der Waals surface area (Å²) in [5, 5.41) is 2.10. The Labute approximate surface area is 147 Å². The molecule has 5 nitrogen and oxygen atoms in total. The fourth-order valence-corrected chi connectivity index (χ4v) is 3.93. The maximum absolute atomic E-state index is 12.9. The Hall–Kier alpha value is -1.66. The summed E-state index contributed by atoms with van der Waals surface area (Å²) in [6.07, 6.45) is 1.01. The molecule has 0 N–H and O–H groups in total. The lowest BCUT2D eigenvalue weighted by atomic mass is 10.00. The first kappa shape index (κ1) is 17.2. The first-order valence-corrected chi connectivity index (χ1v) is 9.44. The van der Waals surface area contributed by atoms with Crippen LogP contribution in [-0.2, 0) is 11.3 Å². The van der Waals surface area contributed by atoms with E-state index in [4.69, 9.17) is 4.42 Å². The number of hydrogen-bond acceptors (Lipinski definition) is 5. The number of nitrogens with zero attached hydrogens (tertiary/aromatic N) is 3. The quantitative estimate of drug-likeness (QED) is 0.852. The summed E-state index contributed by atoms with van der Waals surface area (Å²) in [7, 11) is 0. The topological polar surface area (TPSA) is 49.6 Å². The molecule has 0 bridgehead atoms. The number of rotatable bonds is 4. The maximum Gasteiger partial charge on any atom is 0.230 e. The van der Waals surface area contributed by atoms with Gasteiger partial charge in [-0.1, -0.05) is 0 Å². The van der Waals surface area contributed by atoms with Crippen LogP contribution in [0.25, 0.3) is 0 Å². The molecule has 0 unspecified atom stereocenters. The Kier molecular flexibility index (Phi) is 5.36. The normalized spacial score (nSPS) is 17.7. The summed E-state index contributed by atoms with van der Waals surface area (Å²) in [4.78, 5) is 21.6. The molecule has 2 aromatic rings.